The molecule has 0 saturated carbocycles. The van der Waals surface area contributed by atoms with Crippen LogP contribution in [0.5, 0.6) is 0 Å². The number of halogens is 2. The van der Waals surface area contributed by atoms with E-state index in [1.807, 2.05) is 72.8 Å². The summed E-state index contributed by atoms with van der Waals surface area (Å²) in [6, 6.07) is 23.2. The smallest absolute Gasteiger partial charge is 0.255 e. The minimum Gasteiger partial charge on any atom is -0.321 e. The number of thioether (sulfide) groups is 1. The Hall–Kier alpha value is -1.50. The molecule has 0 atom stereocenters. The summed E-state index contributed by atoms with van der Waals surface area (Å²) in [6.45, 7) is 0. The molecule has 3 aromatic rings. The van der Waals surface area contributed by atoms with Gasteiger partial charge in [-0.2, -0.15) is 0 Å². The molecule has 0 unspecified atom stereocenters. The molecule has 0 fully saturated rings. The lowest BCUT2D eigenvalue weighted by Gasteiger charge is -2.11. The van der Waals surface area contributed by atoms with Crippen molar-refractivity contribution >= 4 is 57.5 Å². The Kier molecular flexibility index (Phi) is 6.39. The van der Waals surface area contributed by atoms with Gasteiger partial charge in [0.25, 0.3) is 5.91 Å². The summed E-state index contributed by atoms with van der Waals surface area (Å²) in [6.07, 6.45) is 0. The Bertz CT molecular complexity index is 866. The summed E-state index contributed by atoms with van der Waals surface area (Å²) in [7, 11) is 0. The summed E-state index contributed by atoms with van der Waals surface area (Å²) in [5.41, 5.74) is 2.66. The van der Waals surface area contributed by atoms with Gasteiger partial charge in [0.2, 0.25) is 0 Å². The number of nitrogens with one attached hydrogen (secondary N) is 1. The van der Waals surface area contributed by atoms with E-state index in [1.165, 1.54) is 5.56 Å². The summed E-state index contributed by atoms with van der Waals surface area (Å²) in [5.74, 6) is 0.712. The average Bonchev–Trinajstić information content (AvgIpc) is 2.63. The molecule has 2 nitrogen and oxygen atoms in total. The molecule has 3 aromatic carbocycles. The molecule has 1 amide bonds. The molecule has 126 valence electrons. The minimum absolute atomic E-state index is 0.101. The quantitative estimate of drug-likeness (QED) is 0.335. The maximum atomic E-state index is 12.5. The molecule has 0 aliphatic rings. The third kappa shape index (κ3) is 5.23. The average molecular weight is 480 g/mol. The molecule has 0 spiro atoms. The van der Waals surface area contributed by atoms with E-state index in [-0.39, 0.29) is 5.91 Å². The van der Waals surface area contributed by atoms with Crippen LogP contribution in [-0.4, -0.2) is 5.91 Å². The number of hydrogen-bond donors (Lipinski definition) is 1. The number of carbonyl (C=O) groups is 1. The molecular weight excluding hydrogens is 465 g/mol. The van der Waals surface area contributed by atoms with Gasteiger partial charge in [0.15, 0.2) is 0 Å². The number of anilines is 1. The molecule has 0 saturated heterocycles. The van der Waals surface area contributed by atoms with Crippen molar-refractivity contribution in [2.24, 2.45) is 0 Å². The second-order valence-electron chi connectivity index (χ2n) is 5.37. The van der Waals surface area contributed by atoms with Crippen molar-refractivity contribution in [3.05, 3.63) is 92.5 Å². The Balaban J connectivity index is 1.71. The molecule has 3 rings (SSSR count). The van der Waals surface area contributed by atoms with E-state index in [9.17, 15) is 4.79 Å². The van der Waals surface area contributed by atoms with Crippen molar-refractivity contribution in [1.29, 1.82) is 0 Å². The maximum Gasteiger partial charge on any atom is 0.255 e. The fourth-order valence-corrected chi connectivity index (χ4v) is 3.68. The van der Waals surface area contributed by atoms with Crippen molar-refractivity contribution in [2.45, 2.75) is 10.6 Å². The van der Waals surface area contributed by atoms with Crippen LogP contribution in [0.1, 0.15) is 15.9 Å². The lowest BCUT2D eigenvalue weighted by molar-refractivity contribution is 0.102. The van der Waals surface area contributed by atoms with Crippen molar-refractivity contribution < 1.29 is 4.79 Å². The van der Waals surface area contributed by atoms with Crippen molar-refractivity contribution in [2.75, 3.05) is 5.32 Å². The van der Waals surface area contributed by atoms with Crippen molar-refractivity contribution in [1.82, 2.24) is 0 Å². The van der Waals surface area contributed by atoms with Crippen LogP contribution in [0.2, 0.25) is 5.02 Å². The van der Waals surface area contributed by atoms with Crippen LogP contribution in [-0.2, 0) is 5.75 Å². The minimum atomic E-state index is -0.101. The number of benzene rings is 3. The summed E-state index contributed by atoms with van der Waals surface area (Å²) in [5, 5.41) is 3.74. The number of amides is 1. The van der Waals surface area contributed by atoms with E-state index in [2.05, 4.69) is 27.9 Å². The van der Waals surface area contributed by atoms with Crippen molar-refractivity contribution in [3.63, 3.8) is 0 Å². The second kappa shape index (κ2) is 8.74. The molecule has 0 radical (unpaired) electrons. The van der Waals surface area contributed by atoms with Gasteiger partial charge in [-0.25, -0.2) is 0 Å². The van der Waals surface area contributed by atoms with Gasteiger partial charge in [0.1, 0.15) is 0 Å². The van der Waals surface area contributed by atoms with Gasteiger partial charge in [-0.3, -0.25) is 4.79 Å². The van der Waals surface area contributed by atoms with Crippen LogP contribution in [0, 0.1) is 3.57 Å². The van der Waals surface area contributed by atoms with E-state index in [1.54, 1.807) is 11.8 Å². The Morgan fingerprint density at radius 2 is 1.64 bits per heavy atom. The van der Waals surface area contributed by atoms with Gasteiger partial charge in [0, 0.05) is 24.8 Å². The highest BCUT2D eigenvalue weighted by Crippen LogP contribution is 2.30. The summed E-state index contributed by atoms with van der Waals surface area (Å²) >= 11 is 9.84. The third-order valence-electron chi connectivity index (χ3n) is 3.55. The number of hydrogen-bond acceptors (Lipinski definition) is 2. The standard InChI is InChI=1S/C20H15ClINOS/c21-16-9-5-14(6-10-16)13-25-19-4-2-1-3-18(19)23-20(24)15-7-11-17(22)12-8-15/h1-12H,13H2,(H,23,24). The first-order valence-electron chi connectivity index (χ1n) is 7.65. The van der Waals surface area contributed by atoms with Crippen LogP contribution < -0.4 is 5.32 Å². The molecule has 0 aromatic heterocycles. The first-order chi connectivity index (χ1) is 12.1. The fourth-order valence-electron chi connectivity index (χ4n) is 2.23. The van der Waals surface area contributed by atoms with Crippen LogP contribution >= 0.6 is 46.0 Å². The highest BCUT2D eigenvalue weighted by Gasteiger charge is 2.09. The van der Waals surface area contributed by atoms with Gasteiger partial charge in [0.05, 0.1) is 5.69 Å². The maximum absolute atomic E-state index is 12.5. The zero-order valence-electron chi connectivity index (χ0n) is 13.2. The monoisotopic (exact) mass is 479 g/mol. The molecule has 0 bridgehead atoms. The first-order valence-corrected chi connectivity index (χ1v) is 10.1. The van der Waals surface area contributed by atoms with E-state index in [4.69, 9.17) is 11.6 Å². The van der Waals surface area contributed by atoms with Crippen LogP contribution in [0.4, 0.5) is 5.69 Å². The van der Waals surface area contributed by atoms with Gasteiger partial charge in [-0.1, -0.05) is 35.9 Å². The lowest BCUT2D eigenvalue weighted by atomic mass is 10.2. The van der Waals surface area contributed by atoms with E-state index in [0.29, 0.717) is 5.56 Å². The van der Waals surface area contributed by atoms with Crippen LogP contribution in [0.25, 0.3) is 0 Å². The van der Waals surface area contributed by atoms with Gasteiger partial charge < -0.3 is 5.32 Å². The Morgan fingerprint density at radius 1 is 0.960 bits per heavy atom. The number of carbonyl (C=O) groups excluding carboxylic acids is 1. The topological polar surface area (TPSA) is 29.1 Å². The zero-order valence-corrected chi connectivity index (χ0v) is 16.9. The third-order valence-corrected chi connectivity index (χ3v) is 5.67. The van der Waals surface area contributed by atoms with E-state index >= 15 is 0 Å². The van der Waals surface area contributed by atoms with Crippen molar-refractivity contribution in [3.8, 4) is 0 Å². The second-order valence-corrected chi connectivity index (χ2v) is 8.07. The molecule has 0 aliphatic carbocycles. The SMILES string of the molecule is O=C(Nc1ccccc1SCc1ccc(Cl)cc1)c1ccc(I)cc1. The molecular formula is C20H15ClINOS. The summed E-state index contributed by atoms with van der Waals surface area (Å²) in [4.78, 5) is 13.5. The molecule has 25 heavy (non-hydrogen) atoms. The molecule has 0 aliphatic heterocycles. The predicted molar refractivity (Wildman–Crippen MR) is 115 cm³/mol. The Morgan fingerprint density at radius 3 is 2.36 bits per heavy atom. The molecule has 0 heterocycles. The van der Waals surface area contributed by atoms with Crippen LogP contribution in [0.3, 0.4) is 0 Å². The first kappa shape index (κ1) is 18.3. The predicted octanol–water partition coefficient (Wildman–Crippen LogP) is 6.49. The Labute approximate surface area is 170 Å². The molecule has 5 heteroatoms. The zero-order chi connectivity index (χ0) is 17.6. The number of rotatable bonds is 5. The van der Waals surface area contributed by atoms with Gasteiger partial charge in [-0.05, 0) is 76.7 Å². The summed E-state index contributed by atoms with van der Waals surface area (Å²) < 4.78 is 1.10. The largest absolute Gasteiger partial charge is 0.321 e. The van der Waals surface area contributed by atoms with E-state index < -0.39 is 0 Å². The normalized spacial score (nSPS) is 10.5. The molecule has 1 N–H and O–H groups in total. The fraction of sp³-hybridized carbons (Fsp3) is 0.0500. The van der Waals surface area contributed by atoms with Gasteiger partial charge >= 0.3 is 0 Å². The van der Waals surface area contributed by atoms with E-state index in [0.717, 1.165) is 24.9 Å². The van der Waals surface area contributed by atoms with Gasteiger partial charge in [-0.15, -0.1) is 11.8 Å². The number of para-hydroxylation sites is 1. The highest BCUT2D eigenvalue weighted by atomic mass is 127. The lowest BCUT2D eigenvalue weighted by Crippen LogP contribution is -2.12. The highest BCUT2D eigenvalue weighted by molar-refractivity contribution is 14.1. The van der Waals surface area contributed by atoms with Crippen LogP contribution in [0.15, 0.2) is 77.7 Å².